The average molecular weight is 394 g/mol. The zero-order chi connectivity index (χ0) is 20.5. The number of carbonyl (C=O) groups is 2. The molecule has 0 aliphatic rings. The van der Waals surface area contributed by atoms with Crippen molar-refractivity contribution < 1.29 is 19.1 Å². The number of thiophene rings is 1. The number of aryl methyl sites for hydroxylation is 1. The number of esters is 2. The Balaban J connectivity index is 2.85. The van der Waals surface area contributed by atoms with E-state index in [0.717, 1.165) is 11.3 Å². The van der Waals surface area contributed by atoms with Crippen LogP contribution in [0.3, 0.4) is 0 Å². The third-order valence-electron chi connectivity index (χ3n) is 4.30. The van der Waals surface area contributed by atoms with Gasteiger partial charge in [-0.2, -0.15) is 0 Å². The van der Waals surface area contributed by atoms with Crippen LogP contribution in [0.4, 0.5) is 0 Å². The van der Waals surface area contributed by atoms with E-state index in [1.54, 1.807) is 34.6 Å². The Labute approximate surface area is 162 Å². The van der Waals surface area contributed by atoms with Gasteiger partial charge in [0.05, 0.1) is 18.6 Å². The Bertz CT molecular complexity index is 940. The van der Waals surface area contributed by atoms with Crippen LogP contribution < -0.4 is 5.56 Å². The monoisotopic (exact) mass is 394 g/mol. The standard InChI is InChI=1S/C19H26N2O5S/c1-8-25-17(23)13-11(5)12-15(27-13)20-14(10(3)4)21(16(12)22)19(6,7)18(24)26-9-2/h10H,8-9H2,1-7H3. The predicted octanol–water partition coefficient (Wildman–Crippen LogP) is 3.36. The van der Waals surface area contributed by atoms with Crippen molar-refractivity contribution in [1.29, 1.82) is 0 Å². The SMILES string of the molecule is CCOC(=O)c1sc2nc(C(C)C)n(C(C)(C)C(=O)OCC)c(=O)c2c1C. The molecule has 0 saturated carbocycles. The molecule has 148 valence electrons. The largest absolute Gasteiger partial charge is 0.464 e. The summed E-state index contributed by atoms with van der Waals surface area (Å²) in [6.07, 6.45) is 0. The molecular formula is C19H26N2O5S. The number of aromatic nitrogens is 2. The van der Waals surface area contributed by atoms with Gasteiger partial charge in [0.2, 0.25) is 0 Å². The van der Waals surface area contributed by atoms with E-state index in [0.29, 0.717) is 26.5 Å². The fraction of sp³-hybridized carbons (Fsp3) is 0.579. The third kappa shape index (κ3) is 3.63. The summed E-state index contributed by atoms with van der Waals surface area (Å²) in [6.45, 7) is 12.7. The highest BCUT2D eigenvalue weighted by atomic mass is 32.1. The van der Waals surface area contributed by atoms with Crippen molar-refractivity contribution in [3.63, 3.8) is 0 Å². The van der Waals surface area contributed by atoms with E-state index < -0.39 is 17.5 Å². The van der Waals surface area contributed by atoms with Gasteiger partial charge >= 0.3 is 11.9 Å². The summed E-state index contributed by atoms with van der Waals surface area (Å²) in [5, 5.41) is 0.338. The molecule has 8 heteroatoms. The minimum atomic E-state index is -1.23. The number of fused-ring (bicyclic) bond motifs is 1. The van der Waals surface area contributed by atoms with Crippen molar-refractivity contribution in [3.8, 4) is 0 Å². The number of hydrogen-bond acceptors (Lipinski definition) is 7. The Morgan fingerprint density at radius 3 is 2.30 bits per heavy atom. The zero-order valence-electron chi connectivity index (χ0n) is 16.8. The van der Waals surface area contributed by atoms with Crippen molar-refractivity contribution >= 4 is 33.5 Å². The number of nitrogens with zero attached hydrogens (tertiary/aromatic N) is 2. The van der Waals surface area contributed by atoms with E-state index in [1.807, 2.05) is 13.8 Å². The van der Waals surface area contributed by atoms with Gasteiger partial charge < -0.3 is 9.47 Å². The first-order chi connectivity index (χ1) is 12.6. The van der Waals surface area contributed by atoms with Crippen LogP contribution in [-0.4, -0.2) is 34.7 Å². The summed E-state index contributed by atoms with van der Waals surface area (Å²) in [5.74, 6) is -0.611. The molecule has 0 spiro atoms. The van der Waals surface area contributed by atoms with Crippen LogP contribution in [0.15, 0.2) is 4.79 Å². The molecule has 0 atom stereocenters. The summed E-state index contributed by atoms with van der Waals surface area (Å²) in [7, 11) is 0. The van der Waals surface area contributed by atoms with Crippen molar-refractivity contribution in [3.05, 3.63) is 26.6 Å². The lowest BCUT2D eigenvalue weighted by Gasteiger charge is -2.28. The van der Waals surface area contributed by atoms with Crippen LogP contribution in [0.5, 0.6) is 0 Å². The molecule has 7 nitrogen and oxygen atoms in total. The van der Waals surface area contributed by atoms with Gasteiger partial charge in [0.1, 0.15) is 21.1 Å². The quantitative estimate of drug-likeness (QED) is 0.698. The highest BCUT2D eigenvalue weighted by Crippen LogP contribution is 2.31. The van der Waals surface area contributed by atoms with E-state index in [1.165, 1.54) is 4.57 Å². The fourth-order valence-corrected chi connectivity index (χ4v) is 3.99. The van der Waals surface area contributed by atoms with Gasteiger partial charge in [-0.15, -0.1) is 11.3 Å². The fourth-order valence-electron chi connectivity index (χ4n) is 2.92. The maximum Gasteiger partial charge on any atom is 0.348 e. The molecule has 0 aliphatic carbocycles. The predicted molar refractivity (Wildman–Crippen MR) is 105 cm³/mol. The Kier molecular flexibility index (Phi) is 6.09. The topological polar surface area (TPSA) is 87.5 Å². The minimum absolute atomic E-state index is 0.107. The molecule has 2 heterocycles. The summed E-state index contributed by atoms with van der Waals surface area (Å²) < 4.78 is 11.7. The van der Waals surface area contributed by atoms with E-state index >= 15 is 0 Å². The summed E-state index contributed by atoms with van der Waals surface area (Å²) in [5.41, 5.74) is -1.06. The van der Waals surface area contributed by atoms with Crippen LogP contribution in [0.25, 0.3) is 10.2 Å². The highest BCUT2D eigenvalue weighted by molar-refractivity contribution is 7.20. The molecule has 0 unspecified atom stereocenters. The summed E-state index contributed by atoms with van der Waals surface area (Å²) in [4.78, 5) is 43.6. The van der Waals surface area contributed by atoms with Gasteiger partial charge in [0, 0.05) is 5.92 Å². The Morgan fingerprint density at radius 1 is 1.19 bits per heavy atom. The molecule has 0 N–H and O–H groups in total. The molecule has 0 bridgehead atoms. The Morgan fingerprint density at radius 2 is 1.78 bits per heavy atom. The molecule has 0 saturated heterocycles. The normalized spacial score (nSPS) is 11.9. The maximum absolute atomic E-state index is 13.4. The van der Waals surface area contributed by atoms with Gasteiger partial charge in [-0.05, 0) is 40.2 Å². The van der Waals surface area contributed by atoms with Crippen LogP contribution in [-0.2, 0) is 19.8 Å². The zero-order valence-corrected chi connectivity index (χ0v) is 17.7. The molecule has 0 amide bonds. The first kappa shape index (κ1) is 21.1. The van der Waals surface area contributed by atoms with Crippen LogP contribution >= 0.6 is 11.3 Å². The lowest BCUT2D eigenvalue weighted by molar-refractivity contribution is -0.152. The van der Waals surface area contributed by atoms with Gasteiger partial charge in [-0.3, -0.25) is 9.36 Å². The van der Waals surface area contributed by atoms with Crippen molar-refractivity contribution in [1.82, 2.24) is 9.55 Å². The molecule has 0 radical (unpaired) electrons. The first-order valence-electron chi connectivity index (χ1n) is 8.98. The summed E-state index contributed by atoms with van der Waals surface area (Å²) >= 11 is 1.14. The molecule has 0 aromatic carbocycles. The van der Waals surface area contributed by atoms with E-state index in [2.05, 4.69) is 4.98 Å². The van der Waals surface area contributed by atoms with E-state index in [-0.39, 0.29) is 24.7 Å². The highest BCUT2D eigenvalue weighted by Gasteiger charge is 2.36. The molecule has 2 aromatic rings. The second-order valence-electron chi connectivity index (χ2n) is 7.00. The average Bonchev–Trinajstić information content (AvgIpc) is 2.92. The lowest BCUT2D eigenvalue weighted by atomic mass is 10.0. The van der Waals surface area contributed by atoms with Gasteiger partial charge in [0.15, 0.2) is 0 Å². The van der Waals surface area contributed by atoms with Crippen LogP contribution in [0.1, 0.15) is 68.5 Å². The molecular weight excluding hydrogens is 368 g/mol. The second kappa shape index (κ2) is 7.80. The van der Waals surface area contributed by atoms with Crippen molar-refractivity contribution in [2.75, 3.05) is 13.2 Å². The number of rotatable bonds is 6. The lowest BCUT2D eigenvalue weighted by Crippen LogP contribution is -2.46. The van der Waals surface area contributed by atoms with Gasteiger partial charge in [0.25, 0.3) is 5.56 Å². The van der Waals surface area contributed by atoms with Gasteiger partial charge in [-0.25, -0.2) is 14.6 Å². The Hall–Kier alpha value is -2.22. The van der Waals surface area contributed by atoms with E-state index in [4.69, 9.17) is 9.47 Å². The number of ether oxygens (including phenoxy) is 2. The molecule has 0 aliphatic heterocycles. The first-order valence-corrected chi connectivity index (χ1v) is 9.80. The molecule has 0 fully saturated rings. The van der Waals surface area contributed by atoms with Crippen LogP contribution in [0, 0.1) is 6.92 Å². The molecule has 27 heavy (non-hydrogen) atoms. The smallest absolute Gasteiger partial charge is 0.348 e. The third-order valence-corrected chi connectivity index (χ3v) is 5.47. The summed E-state index contributed by atoms with van der Waals surface area (Å²) in [6, 6.07) is 0. The van der Waals surface area contributed by atoms with Gasteiger partial charge in [-0.1, -0.05) is 13.8 Å². The van der Waals surface area contributed by atoms with Crippen LogP contribution in [0.2, 0.25) is 0 Å². The number of hydrogen-bond donors (Lipinski definition) is 0. The maximum atomic E-state index is 13.4. The molecule has 2 rings (SSSR count). The van der Waals surface area contributed by atoms with Crippen molar-refractivity contribution in [2.24, 2.45) is 0 Å². The minimum Gasteiger partial charge on any atom is -0.464 e. The van der Waals surface area contributed by atoms with Crippen molar-refractivity contribution in [2.45, 2.75) is 59.9 Å². The second-order valence-corrected chi connectivity index (χ2v) is 8.00. The number of carbonyl (C=O) groups excluding carboxylic acids is 2. The van der Waals surface area contributed by atoms with E-state index in [9.17, 15) is 14.4 Å². The molecule has 2 aromatic heterocycles.